The summed E-state index contributed by atoms with van der Waals surface area (Å²) >= 11 is 7.68. The average Bonchev–Trinajstić information content (AvgIpc) is 2.61. The van der Waals surface area contributed by atoms with Crippen LogP contribution in [0.5, 0.6) is 0 Å². The van der Waals surface area contributed by atoms with Crippen LogP contribution in [0.1, 0.15) is 23.6 Å². The number of thioether (sulfide) groups is 1. The van der Waals surface area contributed by atoms with Crippen LogP contribution in [0.15, 0.2) is 29.4 Å². The van der Waals surface area contributed by atoms with Gasteiger partial charge in [0.15, 0.2) is 0 Å². The lowest BCUT2D eigenvalue weighted by atomic mass is 10.2. The van der Waals surface area contributed by atoms with Crippen molar-refractivity contribution in [2.75, 3.05) is 5.84 Å². The summed E-state index contributed by atoms with van der Waals surface area (Å²) in [5.74, 6) is 6.50. The largest absolute Gasteiger partial charge is 0.336 e. The molecule has 1 heterocycles. The van der Waals surface area contributed by atoms with Crippen LogP contribution >= 0.6 is 23.4 Å². The van der Waals surface area contributed by atoms with Crippen molar-refractivity contribution in [2.45, 2.75) is 24.3 Å². The van der Waals surface area contributed by atoms with Crippen LogP contribution in [0.4, 0.5) is 0 Å². The normalized spacial score (nSPS) is 12.6. The lowest BCUT2D eigenvalue weighted by Crippen LogP contribution is -2.11. The number of rotatable bonds is 3. The van der Waals surface area contributed by atoms with Gasteiger partial charge in [-0.15, -0.1) is 10.2 Å². The Balaban J connectivity index is 2.20. The predicted molar refractivity (Wildman–Crippen MR) is 70.6 cm³/mol. The van der Waals surface area contributed by atoms with Gasteiger partial charge in [0, 0.05) is 10.3 Å². The van der Waals surface area contributed by atoms with Gasteiger partial charge in [0.25, 0.3) is 0 Å². The van der Waals surface area contributed by atoms with Gasteiger partial charge >= 0.3 is 0 Å². The molecule has 0 amide bonds. The van der Waals surface area contributed by atoms with Gasteiger partial charge < -0.3 is 5.84 Å². The summed E-state index contributed by atoms with van der Waals surface area (Å²) < 4.78 is 1.48. The highest BCUT2D eigenvalue weighted by Gasteiger charge is 2.15. The lowest BCUT2D eigenvalue weighted by molar-refractivity contribution is 0.821. The van der Waals surface area contributed by atoms with Crippen LogP contribution in [-0.2, 0) is 0 Å². The lowest BCUT2D eigenvalue weighted by Gasteiger charge is -2.12. The van der Waals surface area contributed by atoms with Gasteiger partial charge in [-0.1, -0.05) is 41.6 Å². The molecule has 2 rings (SSSR count). The van der Waals surface area contributed by atoms with Crippen molar-refractivity contribution >= 4 is 23.4 Å². The standard InChI is InChI=1S/C11H13ClN4S/c1-7(9-5-3-4-6-10(9)12)17-11-15-14-8(2)16(11)13/h3-7H,13H2,1-2H3. The number of benzene rings is 1. The molecule has 4 nitrogen and oxygen atoms in total. The Bertz CT molecular complexity index is 526. The van der Waals surface area contributed by atoms with Gasteiger partial charge in [-0.05, 0) is 25.5 Å². The highest BCUT2D eigenvalue weighted by atomic mass is 35.5. The SMILES string of the molecule is Cc1nnc(SC(C)c2ccccc2Cl)n1N. The number of hydrogen-bond donors (Lipinski definition) is 1. The van der Waals surface area contributed by atoms with Crippen LogP contribution < -0.4 is 5.84 Å². The molecule has 0 fully saturated rings. The summed E-state index contributed by atoms with van der Waals surface area (Å²) in [6.07, 6.45) is 0. The third kappa shape index (κ3) is 2.56. The third-order valence-corrected chi connectivity index (χ3v) is 3.90. The Hall–Kier alpha value is -1.20. The zero-order chi connectivity index (χ0) is 12.4. The monoisotopic (exact) mass is 268 g/mol. The van der Waals surface area contributed by atoms with Gasteiger partial charge in [-0.25, -0.2) is 4.68 Å². The third-order valence-electron chi connectivity index (χ3n) is 2.46. The molecule has 0 saturated heterocycles. The van der Waals surface area contributed by atoms with Crippen molar-refractivity contribution in [2.24, 2.45) is 0 Å². The van der Waals surface area contributed by atoms with Crippen LogP contribution in [0.3, 0.4) is 0 Å². The van der Waals surface area contributed by atoms with E-state index in [9.17, 15) is 0 Å². The number of nitrogens with zero attached hydrogens (tertiary/aromatic N) is 3. The second-order valence-corrected chi connectivity index (χ2v) is 5.40. The van der Waals surface area contributed by atoms with E-state index >= 15 is 0 Å². The van der Waals surface area contributed by atoms with Crippen molar-refractivity contribution in [3.05, 3.63) is 40.7 Å². The van der Waals surface area contributed by atoms with Gasteiger partial charge in [0.2, 0.25) is 5.16 Å². The first kappa shape index (κ1) is 12.3. The van der Waals surface area contributed by atoms with E-state index in [0.717, 1.165) is 10.6 Å². The van der Waals surface area contributed by atoms with E-state index in [1.54, 1.807) is 0 Å². The fourth-order valence-corrected chi connectivity index (χ4v) is 2.80. The molecule has 1 aromatic heterocycles. The summed E-state index contributed by atoms with van der Waals surface area (Å²) in [6.45, 7) is 3.88. The molecule has 1 atom stereocenters. The van der Waals surface area contributed by atoms with Gasteiger partial charge in [0.1, 0.15) is 5.82 Å². The molecule has 1 aromatic carbocycles. The second kappa shape index (κ2) is 4.98. The predicted octanol–water partition coefficient (Wildman–Crippen LogP) is 2.81. The van der Waals surface area contributed by atoms with Crippen molar-refractivity contribution in [1.29, 1.82) is 0 Å². The summed E-state index contributed by atoms with van der Waals surface area (Å²) in [5.41, 5.74) is 1.07. The minimum Gasteiger partial charge on any atom is -0.336 e. The van der Waals surface area contributed by atoms with Gasteiger partial charge in [0.05, 0.1) is 0 Å². The first-order valence-electron chi connectivity index (χ1n) is 5.17. The molecular formula is C11H13ClN4S. The van der Waals surface area contributed by atoms with E-state index in [2.05, 4.69) is 17.1 Å². The number of nitrogens with two attached hydrogens (primary N) is 1. The van der Waals surface area contributed by atoms with Crippen LogP contribution in [0, 0.1) is 6.92 Å². The first-order chi connectivity index (χ1) is 8.09. The van der Waals surface area contributed by atoms with E-state index < -0.39 is 0 Å². The molecule has 0 radical (unpaired) electrons. The number of halogens is 1. The maximum Gasteiger partial charge on any atom is 0.210 e. The quantitative estimate of drug-likeness (QED) is 0.687. The summed E-state index contributed by atoms with van der Waals surface area (Å²) in [6, 6.07) is 7.77. The molecule has 17 heavy (non-hydrogen) atoms. The summed E-state index contributed by atoms with van der Waals surface area (Å²) in [5, 5.41) is 9.56. The zero-order valence-electron chi connectivity index (χ0n) is 9.59. The molecule has 2 N–H and O–H groups in total. The number of aryl methyl sites for hydroxylation is 1. The van der Waals surface area contributed by atoms with Gasteiger partial charge in [-0.2, -0.15) is 0 Å². The second-order valence-electron chi connectivity index (χ2n) is 3.68. The molecule has 2 aromatic rings. The maximum absolute atomic E-state index is 6.14. The zero-order valence-corrected chi connectivity index (χ0v) is 11.2. The molecule has 90 valence electrons. The van der Waals surface area contributed by atoms with E-state index in [-0.39, 0.29) is 5.25 Å². The highest BCUT2D eigenvalue weighted by Crippen LogP contribution is 2.36. The Labute approximate surface area is 109 Å². The van der Waals surface area contributed by atoms with E-state index in [1.807, 2.05) is 31.2 Å². The molecule has 6 heteroatoms. The fraction of sp³-hybridized carbons (Fsp3) is 0.273. The van der Waals surface area contributed by atoms with Crippen LogP contribution in [0.25, 0.3) is 0 Å². The minimum absolute atomic E-state index is 0.176. The van der Waals surface area contributed by atoms with Crippen molar-refractivity contribution in [3.63, 3.8) is 0 Å². The number of hydrogen-bond acceptors (Lipinski definition) is 4. The minimum atomic E-state index is 0.176. The molecule has 0 aliphatic rings. The van der Waals surface area contributed by atoms with Crippen molar-refractivity contribution < 1.29 is 0 Å². The summed E-state index contributed by atoms with van der Waals surface area (Å²) in [4.78, 5) is 0. The molecule has 1 unspecified atom stereocenters. The van der Waals surface area contributed by atoms with Gasteiger partial charge in [-0.3, -0.25) is 0 Å². The molecule has 0 aliphatic heterocycles. The van der Waals surface area contributed by atoms with E-state index in [1.165, 1.54) is 16.4 Å². The van der Waals surface area contributed by atoms with Crippen LogP contribution in [-0.4, -0.2) is 14.9 Å². The first-order valence-corrected chi connectivity index (χ1v) is 6.43. The average molecular weight is 269 g/mol. The van der Waals surface area contributed by atoms with Crippen molar-refractivity contribution in [1.82, 2.24) is 14.9 Å². The number of nitrogen functional groups attached to an aromatic ring is 1. The number of aromatic nitrogens is 3. The molecule has 0 saturated carbocycles. The van der Waals surface area contributed by atoms with E-state index in [0.29, 0.717) is 11.0 Å². The molecular weight excluding hydrogens is 256 g/mol. The fourth-order valence-electron chi connectivity index (χ4n) is 1.46. The molecule has 0 spiro atoms. The molecule has 0 aliphatic carbocycles. The molecule has 0 bridgehead atoms. The van der Waals surface area contributed by atoms with Crippen molar-refractivity contribution in [3.8, 4) is 0 Å². The van der Waals surface area contributed by atoms with E-state index in [4.69, 9.17) is 17.4 Å². The maximum atomic E-state index is 6.14. The van der Waals surface area contributed by atoms with Crippen LogP contribution in [0.2, 0.25) is 5.02 Å². The Morgan fingerprint density at radius 3 is 2.65 bits per heavy atom. The Morgan fingerprint density at radius 2 is 2.06 bits per heavy atom. The smallest absolute Gasteiger partial charge is 0.210 e. The topological polar surface area (TPSA) is 56.7 Å². The Kier molecular flexibility index (Phi) is 3.59. The Morgan fingerprint density at radius 1 is 1.35 bits per heavy atom. The summed E-state index contributed by atoms with van der Waals surface area (Å²) in [7, 11) is 0. The highest BCUT2D eigenvalue weighted by molar-refractivity contribution is 7.99.